The second kappa shape index (κ2) is 18.7. The van der Waals surface area contributed by atoms with E-state index in [1.165, 1.54) is 37.7 Å². The Morgan fingerprint density at radius 3 is 1.90 bits per heavy atom. The average molecular weight is 669 g/mol. The van der Waals surface area contributed by atoms with Gasteiger partial charge in [-0.1, -0.05) is 81.0 Å². The third kappa shape index (κ3) is 11.5. The minimum absolute atomic E-state index is 0.0877. The lowest BCUT2D eigenvalue weighted by Crippen LogP contribution is -2.08. The fourth-order valence-corrected chi connectivity index (χ4v) is 5.10. The van der Waals surface area contributed by atoms with Crippen molar-refractivity contribution in [2.24, 2.45) is 4.99 Å². The van der Waals surface area contributed by atoms with Crippen LogP contribution in [0.15, 0.2) is 126 Å². The van der Waals surface area contributed by atoms with Gasteiger partial charge < -0.3 is 19.5 Å². The summed E-state index contributed by atoms with van der Waals surface area (Å²) in [6, 6.07) is 36.9. The maximum atomic E-state index is 12.7. The number of hydrogen-bond acceptors (Lipinski definition) is 7. The number of nitrogens with zero attached hydrogens (tertiary/aromatic N) is 1. The van der Waals surface area contributed by atoms with Gasteiger partial charge in [0, 0.05) is 17.6 Å². The molecule has 7 heteroatoms. The van der Waals surface area contributed by atoms with Crippen molar-refractivity contribution in [1.82, 2.24) is 0 Å². The van der Waals surface area contributed by atoms with Gasteiger partial charge in [0.2, 0.25) is 0 Å². The lowest BCUT2D eigenvalue weighted by Gasteiger charge is -2.09. The number of carbonyl (C=O) groups is 2. The second-order valence-electron chi connectivity index (χ2n) is 12.2. The van der Waals surface area contributed by atoms with Gasteiger partial charge >= 0.3 is 11.9 Å². The summed E-state index contributed by atoms with van der Waals surface area (Å²) < 4.78 is 16.9. The summed E-state index contributed by atoms with van der Waals surface area (Å²) in [6.45, 7) is 5.09. The van der Waals surface area contributed by atoms with Crippen molar-refractivity contribution in [2.45, 2.75) is 59.0 Å². The third-order valence-corrected chi connectivity index (χ3v) is 8.08. The van der Waals surface area contributed by atoms with E-state index in [4.69, 9.17) is 14.2 Å². The Morgan fingerprint density at radius 1 is 0.640 bits per heavy atom. The molecule has 0 radical (unpaired) electrons. The van der Waals surface area contributed by atoms with Crippen molar-refractivity contribution < 1.29 is 23.8 Å². The number of benzene rings is 5. The fourth-order valence-electron chi connectivity index (χ4n) is 5.10. The molecular weight excluding hydrogens is 624 g/mol. The third-order valence-electron chi connectivity index (χ3n) is 8.08. The standard InChI is InChI=1S/C43H44N2O5/c1-3-4-5-6-7-8-29-48-40-27-23-37(24-28-40)44-30-33-11-15-35(16-12-33)42(46)49-31-34-13-25-41(26-14-34)50-43(47)36-17-21-39(22-18-36)45-38-19-9-32(2)10-20-38/h9-28,30,45H,3-8,29,31H2,1-2H3. The number of ether oxygens (including phenoxy) is 3. The normalized spacial score (nSPS) is 10.9. The topological polar surface area (TPSA) is 86.2 Å². The van der Waals surface area contributed by atoms with Gasteiger partial charge in [0.05, 0.1) is 23.4 Å². The van der Waals surface area contributed by atoms with E-state index in [1.54, 1.807) is 54.7 Å². The van der Waals surface area contributed by atoms with E-state index in [1.807, 2.05) is 79.7 Å². The van der Waals surface area contributed by atoms with Crippen molar-refractivity contribution in [2.75, 3.05) is 11.9 Å². The van der Waals surface area contributed by atoms with Gasteiger partial charge in [-0.3, -0.25) is 4.99 Å². The minimum atomic E-state index is -0.457. The molecule has 0 fully saturated rings. The van der Waals surface area contributed by atoms with Crippen LogP contribution in [-0.2, 0) is 11.3 Å². The van der Waals surface area contributed by atoms with Gasteiger partial charge in [0.25, 0.3) is 0 Å². The Kier molecular flexibility index (Phi) is 13.4. The number of aliphatic imine (C=N–C) groups is 1. The highest BCUT2D eigenvalue weighted by Gasteiger charge is 2.11. The molecular formula is C43H44N2O5. The number of esters is 2. The first-order valence-electron chi connectivity index (χ1n) is 17.2. The molecule has 50 heavy (non-hydrogen) atoms. The first-order chi connectivity index (χ1) is 24.4. The molecule has 0 bridgehead atoms. The van der Waals surface area contributed by atoms with Crippen molar-refractivity contribution in [1.29, 1.82) is 0 Å². The monoisotopic (exact) mass is 668 g/mol. The maximum absolute atomic E-state index is 12.7. The molecule has 0 aliphatic carbocycles. The largest absolute Gasteiger partial charge is 0.494 e. The van der Waals surface area contributed by atoms with Crippen LogP contribution in [-0.4, -0.2) is 24.8 Å². The first kappa shape index (κ1) is 35.6. The number of unbranched alkanes of at least 4 members (excludes halogenated alkanes) is 5. The summed E-state index contributed by atoms with van der Waals surface area (Å²) >= 11 is 0. The van der Waals surface area contributed by atoms with Crippen LogP contribution >= 0.6 is 0 Å². The van der Waals surface area contributed by atoms with Gasteiger partial charge in [-0.2, -0.15) is 0 Å². The van der Waals surface area contributed by atoms with Gasteiger partial charge in [-0.15, -0.1) is 0 Å². The Balaban J connectivity index is 1.02. The molecule has 0 amide bonds. The molecule has 0 saturated carbocycles. The molecule has 0 saturated heterocycles. The summed E-state index contributed by atoms with van der Waals surface area (Å²) in [5.74, 6) is 0.364. The smallest absolute Gasteiger partial charge is 0.343 e. The number of hydrogen-bond donors (Lipinski definition) is 1. The Hall–Kier alpha value is -5.69. The Bertz CT molecular complexity index is 1810. The lowest BCUT2D eigenvalue weighted by atomic mass is 10.1. The molecule has 256 valence electrons. The Labute approximate surface area is 295 Å². The predicted molar refractivity (Wildman–Crippen MR) is 200 cm³/mol. The molecule has 1 N–H and O–H groups in total. The van der Waals surface area contributed by atoms with Crippen LogP contribution in [0.4, 0.5) is 17.1 Å². The van der Waals surface area contributed by atoms with Gasteiger partial charge in [0.15, 0.2) is 0 Å². The molecule has 5 aromatic carbocycles. The zero-order chi connectivity index (χ0) is 35.0. The van der Waals surface area contributed by atoms with Crippen LogP contribution in [0.3, 0.4) is 0 Å². The molecule has 0 aromatic heterocycles. The van der Waals surface area contributed by atoms with E-state index < -0.39 is 11.9 Å². The predicted octanol–water partition coefficient (Wildman–Crippen LogP) is 10.8. The van der Waals surface area contributed by atoms with Crippen molar-refractivity contribution in [3.63, 3.8) is 0 Å². The van der Waals surface area contributed by atoms with Crippen LogP contribution in [0.25, 0.3) is 0 Å². The average Bonchev–Trinajstić information content (AvgIpc) is 3.15. The molecule has 0 heterocycles. The molecule has 0 aliphatic heterocycles. The van der Waals surface area contributed by atoms with Crippen molar-refractivity contribution >= 4 is 35.2 Å². The van der Waals surface area contributed by atoms with E-state index >= 15 is 0 Å². The molecule has 0 unspecified atom stereocenters. The second-order valence-corrected chi connectivity index (χ2v) is 12.2. The summed E-state index contributed by atoms with van der Waals surface area (Å²) in [4.78, 5) is 29.9. The SMILES string of the molecule is CCCCCCCCOc1ccc(N=Cc2ccc(C(=O)OCc3ccc(OC(=O)c4ccc(Nc5ccc(C)cc5)cc4)cc3)cc2)cc1. The summed E-state index contributed by atoms with van der Waals surface area (Å²) in [5, 5.41) is 3.31. The molecule has 0 spiro atoms. The van der Waals surface area contributed by atoms with E-state index in [0.717, 1.165) is 47.0 Å². The number of carbonyl (C=O) groups excluding carboxylic acids is 2. The molecule has 0 atom stereocenters. The zero-order valence-electron chi connectivity index (χ0n) is 28.8. The molecule has 0 aliphatic rings. The maximum Gasteiger partial charge on any atom is 0.343 e. The van der Waals surface area contributed by atoms with Crippen molar-refractivity contribution in [3.8, 4) is 11.5 Å². The number of aryl methyl sites for hydroxylation is 1. The zero-order valence-corrected chi connectivity index (χ0v) is 28.8. The van der Waals surface area contributed by atoms with Crippen LogP contribution < -0.4 is 14.8 Å². The summed E-state index contributed by atoms with van der Waals surface area (Å²) in [6.07, 6.45) is 9.19. The highest BCUT2D eigenvalue weighted by molar-refractivity contribution is 5.92. The van der Waals surface area contributed by atoms with E-state index in [0.29, 0.717) is 16.9 Å². The van der Waals surface area contributed by atoms with Crippen LogP contribution in [0, 0.1) is 6.92 Å². The first-order valence-corrected chi connectivity index (χ1v) is 17.2. The van der Waals surface area contributed by atoms with E-state index in [2.05, 4.69) is 17.2 Å². The van der Waals surface area contributed by atoms with Gasteiger partial charge in [-0.25, -0.2) is 9.59 Å². The number of rotatable bonds is 17. The van der Waals surface area contributed by atoms with Crippen LogP contribution in [0.5, 0.6) is 11.5 Å². The van der Waals surface area contributed by atoms with Crippen LogP contribution in [0.2, 0.25) is 0 Å². The quantitative estimate of drug-likeness (QED) is 0.0459. The van der Waals surface area contributed by atoms with E-state index in [-0.39, 0.29) is 6.61 Å². The highest BCUT2D eigenvalue weighted by Crippen LogP contribution is 2.21. The number of anilines is 2. The molecule has 5 rings (SSSR count). The Morgan fingerprint density at radius 2 is 1.22 bits per heavy atom. The highest BCUT2D eigenvalue weighted by atomic mass is 16.5. The molecule has 5 aromatic rings. The summed E-state index contributed by atoms with van der Waals surface area (Å²) in [5.41, 5.74) is 6.37. The number of nitrogens with one attached hydrogen (secondary N) is 1. The van der Waals surface area contributed by atoms with Crippen LogP contribution in [0.1, 0.15) is 82.9 Å². The van der Waals surface area contributed by atoms with Gasteiger partial charge in [-0.05, 0) is 109 Å². The van der Waals surface area contributed by atoms with E-state index in [9.17, 15) is 9.59 Å². The summed E-state index contributed by atoms with van der Waals surface area (Å²) in [7, 11) is 0. The fraction of sp³-hybridized carbons (Fsp3) is 0.233. The lowest BCUT2D eigenvalue weighted by molar-refractivity contribution is 0.0472. The van der Waals surface area contributed by atoms with Crippen molar-refractivity contribution in [3.05, 3.63) is 149 Å². The molecule has 7 nitrogen and oxygen atoms in total. The van der Waals surface area contributed by atoms with Gasteiger partial charge in [0.1, 0.15) is 18.1 Å². The minimum Gasteiger partial charge on any atom is -0.494 e.